The molecule has 0 saturated heterocycles. The van der Waals surface area contributed by atoms with E-state index in [1.807, 2.05) is 0 Å². The monoisotopic (exact) mass is 356 g/mol. The first kappa shape index (κ1) is 17.1. The Morgan fingerprint density at radius 1 is 1.08 bits per heavy atom. The summed E-state index contributed by atoms with van der Waals surface area (Å²) >= 11 is 0. The summed E-state index contributed by atoms with van der Waals surface area (Å²) in [6.07, 6.45) is 0.979. The molecule has 0 amide bonds. The molecule has 0 radical (unpaired) electrons. The van der Waals surface area contributed by atoms with Crippen molar-refractivity contribution in [2.75, 3.05) is 6.26 Å². The largest absolute Gasteiger partial charge is 0.478 e. The molecule has 6 nitrogen and oxygen atoms in total. The first-order chi connectivity index (χ1) is 11.8. The quantitative estimate of drug-likeness (QED) is 0.743. The van der Waals surface area contributed by atoms with E-state index in [9.17, 15) is 18.3 Å². The summed E-state index contributed by atoms with van der Waals surface area (Å²) in [5.41, 5.74) is 7.13. The molecule has 3 N–H and O–H groups in total. The first-order valence-corrected chi connectivity index (χ1v) is 9.42. The number of nitrogens with two attached hydrogens (primary N) is 1. The van der Waals surface area contributed by atoms with Gasteiger partial charge in [0.25, 0.3) is 0 Å². The standard InChI is InChI=1S/C18H16N2O4S/c1-25(23,24)17(19)15-14(18(21)22)12-9-5-6-10-13(12)20-16(15)11-7-3-2-4-8-11/h2-10,17H,19H2,1H3,(H,21,22). The molecule has 1 atom stereocenters. The average Bonchev–Trinajstić information content (AvgIpc) is 2.59. The predicted octanol–water partition coefficient (Wildman–Crippen LogP) is 2.60. The normalized spacial score (nSPS) is 12.9. The Bertz CT molecular complexity index is 1060. The smallest absolute Gasteiger partial charge is 0.336 e. The summed E-state index contributed by atoms with van der Waals surface area (Å²) < 4.78 is 24.2. The number of rotatable bonds is 4. The van der Waals surface area contributed by atoms with E-state index >= 15 is 0 Å². The number of para-hydroxylation sites is 1. The molecule has 3 aromatic rings. The minimum Gasteiger partial charge on any atom is -0.478 e. The fourth-order valence-electron chi connectivity index (χ4n) is 2.76. The van der Waals surface area contributed by atoms with E-state index in [0.717, 1.165) is 6.26 Å². The molecule has 25 heavy (non-hydrogen) atoms. The second-order valence-electron chi connectivity index (χ2n) is 5.69. The van der Waals surface area contributed by atoms with Crippen molar-refractivity contribution in [3.8, 4) is 11.3 Å². The van der Waals surface area contributed by atoms with Gasteiger partial charge in [-0.15, -0.1) is 0 Å². The fourth-order valence-corrected chi connectivity index (χ4v) is 3.42. The summed E-state index contributed by atoms with van der Waals surface area (Å²) in [5, 5.41) is 8.63. The maximum absolute atomic E-state index is 12.1. The van der Waals surface area contributed by atoms with Gasteiger partial charge in [-0.2, -0.15) is 0 Å². The molecule has 1 unspecified atom stereocenters. The summed E-state index contributed by atoms with van der Waals surface area (Å²) in [6.45, 7) is 0. The van der Waals surface area contributed by atoms with E-state index < -0.39 is 21.2 Å². The highest BCUT2D eigenvalue weighted by molar-refractivity contribution is 7.90. The van der Waals surface area contributed by atoms with Crippen LogP contribution < -0.4 is 5.73 Å². The second kappa shape index (κ2) is 6.27. The molecular weight excluding hydrogens is 340 g/mol. The van der Waals surface area contributed by atoms with Gasteiger partial charge in [-0.05, 0) is 6.07 Å². The number of carboxylic acid groups (broad SMARTS) is 1. The predicted molar refractivity (Wildman–Crippen MR) is 95.9 cm³/mol. The Morgan fingerprint density at radius 3 is 2.28 bits per heavy atom. The van der Waals surface area contributed by atoms with Crippen molar-refractivity contribution < 1.29 is 18.3 Å². The Kier molecular flexibility index (Phi) is 4.28. The molecule has 1 aromatic heterocycles. The van der Waals surface area contributed by atoms with Gasteiger partial charge in [0, 0.05) is 22.8 Å². The molecule has 0 bridgehead atoms. The number of carbonyl (C=O) groups is 1. The number of pyridine rings is 1. The van der Waals surface area contributed by atoms with Crippen LogP contribution in [0.4, 0.5) is 0 Å². The highest BCUT2D eigenvalue weighted by Crippen LogP contribution is 2.35. The lowest BCUT2D eigenvalue weighted by Crippen LogP contribution is -2.24. The lowest BCUT2D eigenvalue weighted by Gasteiger charge is -2.19. The lowest BCUT2D eigenvalue weighted by molar-refractivity contribution is 0.0698. The average molecular weight is 356 g/mol. The van der Waals surface area contributed by atoms with Crippen molar-refractivity contribution in [1.82, 2.24) is 4.98 Å². The van der Waals surface area contributed by atoms with Crippen LogP contribution in [0, 0.1) is 0 Å². The summed E-state index contributed by atoms with van der Waals surface area (Å²) in [5.74, 6) is -1.25. The van der Waals surface area contributed by atoms with Crippen molar-refractivity contribution in [3.05, 3.63) is 65.7 Å². The van der Waals surface area contributed by atoms with Crippen LogP contribution in [0.25, 0.3) is 22.2 Å². The van der Waals surface area contributed by atoms with Crippen molar-refractivity contribution in [3.63, 3.8) is 0 Å². The maximum Gasteiger partial charge on any atom is 0.336 e. The van der Waals surface area contributed by atoms with E-state index in [4.69, 9.17) is 5.73 Å². The Labute approximate surface area is 144 Å². The molecular formula is C18H16N2O4S. The molecule has 3 rings (SSSR count). The van der Waals surface area contributed by atoms with Crippen LogP contribution in [0.1, 0.15) is 21.3 Å². The summed E-state index contributed by atoms with van der Waals surface area (Å²) in [6, 6.07) is 15.5. The van der Waals surface area contributed by atoms with Gasteiger partial charge in [0.05, 0.1) is 16.8 Å². The van der Waals surface area contributed by atoms with E-state index in [0.29, 0.717) is 16.5 Å². The number of hydrogen-bond donors (Lipinski definition) is 2. The molecule has 0 aliphatic rings. The number of hydrogen-bond acceptors (Lipinski definition) is 5. The number of sulfone groups is 1. The molecule has 1 heterocycles. The number of aromatic nitrogens is 1. The molecule has 128 valence electrons. The molecule has 0 saturated carbocycles. The Hall–Kier alpha value is -2.77. The molecule has 0 aliphatic heterocycles. The van der Waals surface area contributed by atoms with Crippen LogP contribution >= 0.6 is 0 Å². The molecule has 2 aromatic carbocycles. The van der Waals surface area contributed by atoms with Crippen LogP contribution in [0.15, 0.2) is 54.6 Å². The molecule has 0 aliphatic carbocycles. The van der Waals surface area contributed by atoms with Gasteiger partial charge in [0.2, 0.25) is 0 Å². The topological polar surface area (TPSA) is 110 Å². The lowest BCUT2D eigenvalue weighted by atomic mass is 9.96. The first-order valence-electron chi connectivity index (χ1n) is 7.46. The van der Waals surface area contributed by atoms with Gasteiger partial charge in [-0.1, -0.05) is 48.5 Å². The van der Waals surface area contributed by atoms with Gasteiger partial charge in [0.15, 0.2) is 9.84 Å². The van der Waals surface area contributed by atoms with Crippen molar-refractivity contribution in [1.29, 1.82) is 0 Å². The van der Waals surface area contributed by atoms with E-state index in [1.165, 1.54) is 0 Å². The van der Waals surface area contributed by atoms with Crippen molar-refractivity contribution in [2.45, 2.75) is 5.37 Å². The Balaban J connectivity index is 2.51. The van der Waals surface area contributed by atoms with Crippen molar-refractivity contribution >= 4 is 26.7 Å². The molecule has 0 spiro atoms. The fraction of sp³-hybridized carbons (Fsp3) is 0.111. The van der Waals surface area contributed by atoms with Gasteiger partial charge < -0.3 is 10.8 Å². The molecule has 0 fully saturated rings. The van der Waals surface area contributed by atoms with Gasteiger partial charge in [0.1, 0.15) is 5.37 Å². The highest BCUT2D eigenvalue weighted by atomic mass is 32.2. The third kappa shape index (κ3) is 3.11. The number of fused-ring (bicyclic) bond motifs is 1. The van der Waals surface area contributed by atoms with E-state index in [1.54, 1.807) is 54.6 Å². The second-order valence-corrected chi connectivity index (χ2v) is 7.85. The van der Waals surface area contributed by atoms with Crippen LogP contribution in [0.2, 0.25) is 0 Å². The Morgan fingerprint density at radius 2 is 1.68 bits per heavy atom. The zero-order valence-electron chi connectivity index (χ0n) is 13.4. The van der Waals surface area contributed by atoms with Crippen LogP contribution in [-0.2, 0) is 9.84 Å². The SMILES string of the molecule is CS(=O)(=O)C(N)c1c(-c2ccccc2)nc2ccccc2c1C(=O)O. The maximum atomic E-state index is 12.1. The van der Waals surface area contributed by atoms with Gasteiger partial charge >= 0.3 is 5.97 Å². The van der Waals surface area contributed by atoms with E-state index in [-0.39, 0.29) is 16.8 Å². The van der Waals surface area contributed by atoms with Crippen LogP contribution in [0.5, 0.6) is 0 Å². The number of carboxylic acids is 1. The van der Waals surface area contributed by atoms with E-state index in [2.05, 4.69) is 4.98 Å². The zero-order chi connectivity index (χ0) is 18.2. The van der Waals surface area contributed by atoms with Gasteiger partial charge in [-0.3, -0.25) is 0 Å². The third-order valence-electron chi connectivity index (χ3n) is 3.94. The van der Waals surface area contributed by atoms with Crippen molar-refractivity contribution in [2.24, 2.45) is 5.73 Å². The zero-order valence-corrected chi connectivity index (χ0v) is 14.2. The summed E-state index contributed by atoms with van der Waals surface area (Å²) in [4.78, 5) is 16.5. The van der Waals surface area contributed by atoms with Crippen LogP contribution in [-0.4, -0.2) is 30.7 Å². The third-order valence-corrected chi connectivity index (χ3v) is 5.10. The highest BCUT2D eigenvalue weighted by Gasteiger charge is 2.30. The molecule has 7 heteroatoms. The van der Waals surface area contributed by atoms with Crippen LogP contribution in [0.3, 0.4) is 0 Å². The number of nitrogens with zero attached hydrogens (tertiary/aromatic N) is 1. The minimum absolute atomic E-state index is 0.0000926. The minimum atomic E-state index is -3.74. The summed E-state index contributed by atoms with van der Waals surface area (Å²) in [7, 11) is -3.74. The van der Waals surface area contributed by atoms with Gasteiger partial charge in [-0.25, -0.2) is 18.2 Å². The number of benzene rings is 2. The number of aromatic carboxylic acids is 1.